The second-order valence-corrected chi connectivity index (χ2v) is 4.99. The molecule has 1 aliphatic rings. The molecule has 1 amide bonds. The number of aliphatic hydroxyl groups excluding tert-OH is 1. The maximum atomic E-state index is 11.9. The van der Waals surface area contributed by atoms with Crippen molar-refractivity contribution in [2.75, 3.05) is 20.5 Å². The first-order chi connectivity index (χ1) is 12.0. The van der Waals surface area contributed by atoms with Gasteiger partial charge in [0.15, 0.2) is 12.8 Å². The number of nitrogens with zero attached hydrogens (tertiary/aromatic N) is 1. The van der Waals surface area contributed by atoms with E-state index in [0.717, 1.165) is 13.2 Å². The highest BCUT2D eigenvalue weighted by Crippen LogP contribution is 2.33. The third kappa shape index (κ3) is 4.52. The second-order valence-electron chi connectivity index (χ2n) is 4.99. The third-order valence-electron chi connectivity index (χ3n) is 3.33. The number of nitro groups is 1. The summed E-state index contributed by atoms with van der Waals surface area (Å²) in [4.78, 5) is 33.7. The molecule has 0 bridgehead atoms. The van der Waals surface area contributed by atoms with Crippen molar-refractivity contribution in [3.8, 4) is 5.75 Å². The normalized spacial score (nSPS) is 14.3. The van der Waals surface area contributed by atoms with Crippen molar-refractivity contribution >= 4 is 23.6 Å². The van der Waals surface area contributed by atoms with Crippen molar-refractivity contribution in [1.29, 1.82) is 0 Å². The number of benzene rings is 1. The molecule has 0 spiro atoms. The van der Waals surface area contributed by atoms with Gasteiger partial charge in [0.05, 0.1) is 25.2 Å². The molecule has 1 atom stereocenters. The maximum Gasteiger partial charge on any atom is 0.330 e. The Morgan fingerprint density at radius 3 is 2.92 bits per heavy atom. The Bertz CT molecular complexity index is 716. The third-order valence-corrected chi connectivity index (χ3v) is 3.33. The average Bonchev–Trinajstić information content (AvgIpc) is 2.63. The molecule has 0 radical (unpaired) electrons. The number of carbonyl (C=O) groups is 2. The van der Waals surface area contributed by atoms with Crippen LogP contribution in [0.3, 0.4) is 0 Å². The highest BCUT2D eigenvalue weighted by atomic mass is 16.7. The average molecular weight is 352 g/mol. The summed E-state index contributed by atoms with van der Waals surface area (Å²) in [6.45, 7) is -0.481. The van der Waals surface area contributed by atoms with E-state index in [9.17, 15) is 19.7 Å². The molecule has 25 heavy (non-hydrogen) atoms. The summed E-state index contributed by atoms with van der Waals surface area (Å²) >= 11 is 0. The van der Waals surface area contributed by atoms with Crippen molar-refractivity contribution in [3.05, 3.63) is 39.4 Å². The van der Waals surface area contributed by atoms with Crippen molar-refractivity contribution in [2.24, 2.45) is 0 Å². The van der Waals surface area contributed by atoms with Gasteiger partial charge >= 0.3 is 5.97 Å². The number of aliphatic hydroxyl groups is 1. The van der Waals surface area contributed by atoms with Gasteiger partial charge in [0.1, 0.15) is 5.75 Å². The number of rotatable bonds is 6. The van der Waals surface area contributed by atoms with Crippen LogP contribution in [0.2, 0.25) is 0 Å². The fourth-order valence-electron chi connectivity index (χ4n) is 2.17. The van der Waals surface area contributed by atoms with Crippen LogP contribution in [0.15, 0.2) is 18.2 Å². The summed E-state index contributed by atoms with van der Waals surface area (Å²) < 4.78 is 14.9. The van der Waals surface area contributed by atoms with Crippen LogP contribution in [-0.2, 0) is 25.7 Å². The minimum Gasteiger partial charge on any atom is -0.467 e. The zero-order valence-corrected chi connectivity index (χ0v) is 13.3. The summed E-state index contributed by atoms with van der Waals surface area (Å²) in [5.74, 6) is -1.10. The lowest BCUT2D eigenvalue weighted by atomic mass is 10.1. The van der Waals surface area contributed by atoms with E-state index in [1.807, 2.05) is 0 Å². The molecule has 1 aliphatic heterocycles. The monoisotopic (exact) mass is 352 g/mol. The van der Waals surface area contributed by atoms with Gasteiger partial charge in [0.2, 0.25) is 5.91 Å². The number of methoxy groups -OCH3 is 1. The molecule has 0 aromatic heterocycles. The lowest BCUT2D eigenvalue weighted by molar-refractivity contribution is -0.385. The molecule has 10 nitrogen and oxygen atoms in total. The molecule has 1 heterocycles. The Balaban J connectivity index is 2.22. The molecular formula is C15H16N2O8. The van der Waals surface area contributed by atoms with E-state index in [-0.39, 0.29) is 19.1 Å². The summed E-state index contributed by atoms with van der Waals surface area (Å²) in [7, 11) is 1.13. The van der Waals surface area contributed by atoms with E-state index in [0.29, 0.717) is 16.9 Å². The fraction of sp³-hybridized carbons (Fsp3) is 0.333. The van der Waals surface area contributed by atoms with Gasteiger partial charge in [-0.25, -0.2) is 4.79 Å². The van der Waals surface area contributed by atoms with Crippen molar-refractivity contribution in [1.82, 2.24) is 5.32 Å². The zero-order chi connectivity index (χ0) is 18.4. The van der Waals surface area contributed by atoms with E-state index < -0.39 is 29.4 Å². The minimum atomic E-state index is -1.20. The van der Waals surface area contributed by atoms with E-state index in [2.05, 4.69) is 10.1 Å². The number of non-ortho nitro benzene ring substituents is 1. The molecule has 0 saturated heterocycles. The number of hydrogen-bond donors (Lipinski definition) is 2. The molecule has 0 unspecified atom stereocenters. The summed E-state index contributed by atoms with van der Waals surface area (Å²) in [5, 5.41) is 22.3. The van der Waals surface area contributed by atoms with Crippen molar-refractivity contribution in [3.63, 3.8) is 0 Å². The topological polar surface area (TPSA) is 137 Å². The summed E-state index contributed by atoms with van der Waals surface area (Å²) in [5.41, 5.74) is 0.639. The largest absolute Gasteiger partial charge is 0.467 e. The van der Waals surface area contributed by atoms with E-state index >= 15 is 0 Å². The van der Waals surface area contributed by atoms with Crippen LogP contribution in [0.5, 0.6) is 5.75 Å². The number of ether oxygens (including phenoxy) is 3. The smallest absolute Gasteiger partial charge is 0.330 e. The Kier molecular flexibility index (Phi) is 6.03. The van der Waals surface area contributed by atoms with Gasteiger partial charge in [-0.15, -0.1) is 0 Å². The standard InChI is InChI=1S/C15H16N2O8/c1-23-15(20)12(6-18)16-13(19)3-2-9-4-11(17(21)22)5-10-7-24-8-25-14(9)10/h2-5,12,18H,6-8H2,1H3,(H,16,19)/b3-2+/t12-/m0/s1. The number of nitrogens with one attached hydrogen (secondary N) is 1. The Morgan fingerprint density at radius 1 is 1.52 bits per heavy atom. The first-order valence-corrected chi connectivity index (χ1v) is 7.15. The lowest BCUT2D eigenvalue weighted by Gasteiger charge is -2.19. The van der Waals surface area contributed by atoms with E-state index in [1.54, 1.807) is 0 Å². The van der Waals surface area contributed by atoms with Gasteiger partial charge in [0.25, 0.3) is 5.69 Å². The van der Waals surface area contributed by atoms with Crippen LogP contribution in [0.1, 0.15) is 11.1 Å². The Labute approximate surface area is 142 Å². The number of esters is 1. The molecule has 2 N–H and O–H groups in total. The van der Waals surface area contributed by atoms with Crippen LogP contribution >= 0.6 is 0 Å². The van der Waals surface area contributed by atoms with E-state index in [4.69, 9.17) is 14.6 Å². The Morgan fingerprint density at radius 2 is 2.28 bits per heavy atom. The van der Waals surface area contributed by atoms with Crippen LogP contribution < -0.4 is 10.1 Å². The number of amides is 1. The zero-order valence-electron chi connectivity index (χ0n) is 13.3. The molecule has 1 aromatic rings. The quantitative estimate of drug-likeness (QED) is 0.319. The molecule has 1 aromatic carbocycles. The SMILES string of the molecule is COC(=O)[C@H](CO)NC(=O)/C=C/c1cc([N+](=O)[O-])cc2c1OCOC2. The molecule has 0 aliphatic carbocycles. The number of nitro benzene ring substituents is 1. The van der Waals surface area contributed by atoms with Crippen LogP contribution in [0.4, 0.5) is 5.69 Å². The predicted molar refractivity (Wildman–Crippen MR) is 83.4 cm³/mol. The van der Waals surface area contributed by atoms with Gasteiger partial charge in [-0.2, -0.15) is 0 Å². The molecule has 0 fully saturated rings. The van der Waals surface area contributed by atoms with Gasteiger partial charge < -0.3 is 24.6 Å². The van der Waals surface area contributed by atoms with Crippen LogP contribution in [0.25, 0.3) is 6.08 Å². The van der Waals surface area contributed by atoms with Gasteiger partial charge in [0, 0.05) is 29.3 Å². The number of carbonyl (C=O) groups excluding carboxylic acids is 2. The van der Waals surface area contributed by atoms with Crippen molar-refractivity contribution in [2.45, 2.75) is 12.6 Å². The van der Waals surface area contributed by atoms with Crippen LogP contribution in [-0.4, -0.2) is 48.5 Å². The molecular weight excluding hydrogens is 336 g/mol. The van der Waals surface area contributed by atoms with Gasteiger partial charge in [-0.1, -0.05) is 0 Å². The predicted octanol–water partition coefficient (Wildman–Crippen LogP) is 0.125. The summed E-state index contributed by atoms with van der Waals surface area (Å²) in [6.07, 6.45) is 2.39. The first-order valence-electron chi connectivity index (χ1n) is 7.15. The van der Waals surface area contributed by atoms with Crippen molar-refractivity contribution < 1.29 is 33.8 Å². The number of hydrogen-bond acceptors (Lipinski definition) is 8. The van der Waals surface area contributed by atoms with Crippen LogP contribution in [0, 0.1) is 10.1 Å². The fourth-order valence-corrected chi connectivity index (χ4v) is 2.17. The molecule has 0 saturated carbocycles. The second kappa shape index (κ2) is 8.22. The molecule has 2 rings (SSSR count). The Hall–Kier alpha value is -2.98. The maximum absolute atomic E-state index is 11.9. The van der Waals surface area contributed by atoms with Gasteiger partial charge in [-0.3, -0.25) is 14.9 Å². The first kappa shape index (κ1) is 18.4. The minimum absolute atomic E-state index is 0.00717. The highest BCUT2D eigenvalue weighted by Gasteiger charge is 2.21. The molecule has 134 valence electrons. The van der Waals surface area contributed by atoms with Gasteiger partial charge in [-0.05, 0) is 6.08 Å². The highest BCUT2D eigenvalue weighted by molar-refractivity contribution is 5.95. The number of fused-ring (bicyclic) bond motifs is 1. The lowest BCUT2D eigenvalue weighted by Crippen LogP contribution is -2.43. The molecule has 10 heteroatoms. The van der Waals surface area contributed by atoms with E-state index in [1.165, 1.54) is 18.2 Å². The summed E-state index contributed by atoms with van der Waals surface area (Å²) in [6, 6.07) is 1.40.